The van der Waals surface area contributed by atoms with Gasteiger partial charge in [-0.1, -0.05) is 0 Å². The molecule has 1 saturated carbocycles. The highest BCUT2D eigenvalue weighted by Gasteiger charge is 2.45. The number of carbonyl (C=O) groups excluding carboxylic acids is 2. The maximum Gasteiger partial charge on any atom is 0.315 e. The quantitative estimate of drug-likeness (QED) is 0.641. The van der Waals surface area contributed by atoms with Gasteiger partial charge >= 0.3 is 11.9 Å². The molecule has 0 aromatic heterocycles. The van der Waals surface area contributed by atoms with Crippen LogP contribution in [0.5, 0.6) is 0 Å². The van der Waals surface area contributed by atoms with Gasteiger partial charge in [-0.05, 0) is 26.7 Å². The molecule has 1 aliphatic carbocycles. The molecule has 1 rings (SSSR count). The topological polar surface area (TPSA) is 52.6 Å². The van der Waals surface area contributed by atoms with E-state index in [2.05, 4.69) is 0 Å². The molecule has 1 aliphatic rings. The fraction of sp³-hybridized carbons (Fsp3) is 0.818. The maximum absolute atomic E-state index is 11.3. The summed E-state index contributed by atoms with van der Waals surface area (Å²) in [4.78, 5) is 22.5. The second-order valence-electron chi connectivity index (χ2n) is 3.76. The van der Waals surface area contributed by atoms with Crippen LogP contribution in [0.25, 0.3) is 0 Å². The second-order valence-corrected chi connectivity index (χ2v) is 5.20. The molecular formula is C11H18O4S. The summed E-state index contributed by atoms with van der Waals surface area (Å²) >= 11 is 1.52. The van der Waals surface area contributed by atoms with Crippen molar-refractivity contribution < 1.29 is 19.1 Å². The molecule has 0 bridgehead atoms. The monoisotopic (exact) mass is 246 g/mol. The molecule has 0 atom stereocenters. The average molecular weight is 246 g/mol. The van der Waals surface area contributed by atoms with Gasteiger partial charge in [0, 0.05) is 4.75 Å². The van der Waals surface area contributed by atoms with Crippen LogP contribution in [-0.2, 0) is 19.1 Å². The molecule has 16 heavy (non-hydrogen) atoms. The molecule has 0 amide bonds. The van der Waals surface area contributed by atoms with E-state index in [1.54, 1.807) is 13.8 Å². The van der Waals surface area contributed by atoms with Crippen LogP contribution >= 0.6 is 11.8 Å². The van der Waals surface area contributed by atoms with Crippen LogP contribution in [0.2, 0.25) is 0 Å². The Morgan fingerprint density at radius 1 is 1.12 bits per heavy atom. The van der Waals surface area contributed by atoms with E-state index in [9.17, 15) is 9.59 Å². The molecule has 4 nitrogen and oxygen atoms in total. The summed E-state index contributed by atoms with van der Waals surface area (Å²) in [7, 11) is 0. The van der Waals surface area contributed by atoms with Crippen molar-refractivity contribution in [3.8, 4) is 0 Å². The van der Waals surface area contributed by atoms with Crippen molar-refractivity contribution >= 4 is 23.7 Å². The summed E-state index contributed by atoms with van der Waals surface area (Å²) in [6, 6.07) is 0. The molecule has 92 valence electrons. The molecule has 1 fully saturated rings. The molecule has 0 unspecified atom stereocenters. The van der Waals surface area contributed by atoms with Crippen molar-refractivity contribution in [3.63, 3.8) is 0 Å². The van der Waals surface area contributed by atoms with E-state index in [4.69, 9.17) is 9.47 Å². The molecule has 0 saturated heterocycles. The Hall–Kier alpha value is -0.710. The van der Waals surface area contributed by atoms with Crippen molar-refractivity contribution in [1.82, 2.24) is 0 Å². The minimum absolute atomic E-state index is 0.0565. The Bertz CT molecular complexity index is 261. The molecule has 0 spiro atoms. The number of ether oxygens (including phenoxy) is 2. The van der Waals surface area contributed by atoms with Crippen LogP contribution in [0.15, 0.2) is 0 Å². The normalized spacial score (nSPS) is 16.6. The van der Waals surface area contributed by atoms with Crippen LogP contribution in [0.4, 0.5) is 0 Å². The van der Waals surface area contributed by atoms with Crippen molar-refractivity contribution in [1.29, 1.82) is 0 Å². The lowest BCUT2D eigenvalue weighted by atomic mass is 10.3. The van der Waals surface area contributed by atoms with Gasteiger partial charge in [-0.25, -0.2) is 0 Å². The summed E-state index contributed by atoms with van der Waals surface area (Å²) in [6.07, 6.45) is 2.37. The molecule has 0 N–H and O–H groups in total. The molecular weight excluding hydrogens is 228 g/mol. The third-order valence-corrected chi connectivity index (χ3v) is 3.93. The van der Waals surface area contributed by atoms with E-state index < -0.39 is 0 Å². The minimum atomic E-state index is -0.206. The van der Waals surface area contributed by atoms with Gasteiger partial charge in [0.1, 0.15) is 0 Å². The van der Waals surface area contributed by atoms with Crippen LogP contribution in [-0.4, -0.2) is 35.7 Å². The summed E-state index contributed by atoms with van der Waals surface area (Å²) in [5.41, 5.74) is 0. The Labute approximate surface area is 100 Å². The molecule has 0 heterocycles. The Morgan fingerprint density at radius 2 is 1.69 bits per heavy atom. The Kier molecular flexibility index (Phi) is 5.12. The predicted octanol–water partition coefficient (Wildman–Crippen LogP) is 1.77. The van der Waals surface area contributed by atoms with Gasteiger partial charge in [-0.3, -0.25) is 9.59 Å². The zero-order valence-corrected chi connectivity index (χ0v) is 10.6. The third-order valence-electron chi connectivity index (χ3n) is 2.38. The van der Waals surface area contributed by atoms with Crippen molar-refractivity contribution in [2.45, 2.75) is 37.9 Å². The number of esters is 2. The fourth-order valence-corrected chi connectivity index (χ4v) is 2.52. The summed E-state index contributed by atoms with van der Waals surface area (Å²) in [6.45, 7) is 4.40. The number of thioether (sulfide) groups is 1. The van der Waals surface area contributed by atoms with Gasteiger partial charge in [0.15, 0.2) is 0 Å². The van der Waals surface area contributed by atoms with Crippen molar-refractivity contribution in [2.24, 2.45) is 0 Å². The predicted molar refractivity (Wildman–Crippen MR) is 62.3 cm³/mol. The lowest BCUT2D eigenvalue weighted by molar-refractivity contribution is -0.143. The average Bonchev–Trinajstić information content (AvgIpc) is 2.96. The highest BCUT2D eigenvalue weighted by Crippen LogP contribution is 2.51. The van der Waals surface area contributed by atoms with Crippen LogP contribution in [0.3, 0.4) is 0 Å². The number of hydrogen-bond acceptors (Lipinski definition) is 5. The molecule has 5 heteroatoms. The lowest BCUT2D eigenvalue weighted by Crippen LogP contribution is -2.17. The first-order valence-electron chi connectivity index (χ1n) is 5.57. The smallest absolute Gasteiger partial charge is 0.315 e. The van der Waals surface area contributed by atoms with Crippen LogP contribution in [0.1, 0.15) is 33.1 Å². The molecule has 0 radical (unpaired) electrons. The highest BCUT2D eigenvalue weighted by molar-refractivity contribution is 8.01. The maximum atomic E-state index is 11.3. The highest BCUT2D eigenvalue weighted by atomic mass is 32.2. The number of rotatable bonds is 7. The summed E-state index contributed by atoms with van der Waals surface area (Å²) in [5.74, 6) is -0.0493. The second kappa shape index (κ2) is 6.13. The largest absolute Gasteiger partial charge is 0.466 e. The van der Waals surface area contributed by atoms with Gasteiger partial charge < -0.3 is 9.47 Å². The van der Waals surface area contributed by atoms with Crippen LogP contribution in [0, 0.1) is 0 Å². The van der Waals surface area contributed by atoms with Crippen molar-refractivity contribution in [2.75, 3.05) is 19.0 Å². The van der Waals surface area contributed by atoms with E-state index in [0.29, 0.717) is 25.4 Å². The van der Waals surface area contributed by atoms with E-state index in [1.807, 2.05) is 0 Å². The Balaban J connectivity index is 2.25. The first-order valence-corrected chi connectivity index (χ1v) is 6.55. The van der Waals surface area contributed by atoms with Gasteiger partial charge in [0.05, 0.1) is 25.4 Å². The number of carbonyl (C=O) groups is 2. The summed E-state index contributed by atoms with van der Waals surface area (Å²) < 4.78 is 9.69. The van der Waals surface area contributed by atoms with E-state index in [0.717, 1.165) is 12.8 Å². The third kappa shape index (κ3) is 4.43. The first kappa shape index (κ1) is 13.4. The van der Waals surface area contributed by atoms with Crippen molar-refractivity contribution in [3.05, 3.63) is 0 Å². The minimum Gasteiger partial charge on any atom is -0.466 e. The number of hydrogen-bond donors (Lipinski definition) is 0. The lowest BCUT2D eigenvalue weighted by Gasteiger charge is -2.12. The molecule has 0 aromatic carbocycles. The molecule has 0 aromatic rings. The zero-order valence-electron chi connectivity index (χ0n) is 9.78. The zero-order chi connectivity index (χ0) is 12.0. The standard InChI is InChI=1S/C11H18O4S/c1-3-14-9(12)7-11(5-6-11)16-8-10(13)15-4-2/h3-8H2,1-2H3. The summed E-state index contributed by atoms with van der Waals surface area (Å²) in [5, 5.41) is 0. The van der Waals surface area contributed by atoms with E-state index in [-0.39, 0.29) is 16.7 Å². The van der Waals surface area contributed by atoms with E-state index >= 15 is 0 Å². The Morgan fingerprint density at radius 3 is 2.19 bits per heavy atom. The first-order chi connectivity index (χ1) is 7.62. The van der Waals surface area contributed by atoms with Crippen LogP contribution < -0.4 is 0 Å². The fourth-order valence-electron chi connectivity index (χ4n) is 1.40. The van der Waals surface area contributed by atoms with Gasteiger partial charge in [0.2, 0.25) is 0 Å². The van der Waals surface area contributed by atoms with E-state index in [1.165, 1.54) is 11.8 Å². The van der Waals surface area contributed by atoms with Gasteiger partial charge in [-0.15, -0.1) is 11.8 Å². The SMILES string of the molecule is CCOC(=O)CSC1(CC(=O)OCC)CC1. The van der Waals surface area contributed by atoms with Gasteiger partial charge in [-0.2, -0.15) is 0 Å². The van der Waals surface area contributed by atoms with Gasteiger partial charge in [0.25, 0.3) is 0 Å². The molecule has 0 aliphatic heterocycles.